The van der Waals surface area contributed by atoms with Gasteiger partial charge >= 0.3 is 6.18 Å². The van der Waals surface area contributed by atoms with Crippen molar-refractivity contribution in [2.45, 2.75) is 12.7 Å². The van der Waals surface area contributed by atoms with Crippen LogP contribution in [0.4, 0.5) is 18.9 Å². The average Bonchev–Trinajstić information content (AvgIpc) is 3.24. The van der Waals surface area contributed by atoms with E-state index in [-0.39, 0.29) is 12.5 Å². The molecule has 1 fully saturated rings. The summed E-state index contributed by atoms with van der Waals surface area (Å²) in [6.07, 6.45) is -4.38. The zero-order chi connectivity index (χ0) is 22.6. The molecule has 0 aliphatic carbocycles. The second-order valence-electron chi connectivity index (χ2n) is 7.67. The monoisotopic (exact) mass is 460 g/mol. The molecule has 1 N–H and O–H groups in total. The van der Waals surface area contributed by atoms with Gasteiger partial charge in [0, 0.05) is 42.8 Å². The van der Waals surface area contributed by atoms with E-state index in [4.69, 9.17) is 4.98 Å². The first kappa shape index (κ1) is 22.4. The third kappa shape index (κ3) is 5.93. The Bertz CT molecular complexity index is 1030. The molecule has 1 aliphatic heterocycles. The Morgan fingerprint density at radius 2 is 1.62 bits per heavy atom. The first-order chi connectivity index (χ1) is 15.4. The maximum absolute atomic E-state index is 12.6. The molecule has 32 heavy (non-hydrogen) atoms. The zero-order valence-electron chi connectivity index (χ0n) is 17.3. The number of aromatic nitrogens is 1. The molecule has 2 heterocycles. The fourth-order valence-electron chi connectivity index (χ4n) is 3.57. The number of amides is 1. The summed E-state index contributed by atoms with van der Waals surface area (Å²) in [6, 6.07) is 14.6. The predicted octanol–water partition coefficient (Wildman–Crippen LogP) is 4.59. The molecule has 1 aromatic heterocycles. The van der Waals surface area contributed by atoms with Crippen molar-refractivity contribution in [1.82, 2.24) is 14.8 Å². The molecule has 0 unspecified atom stereocenters. The minimum atomic E-state index is -4.38. The number of halogens is 3. The summed E-state index contributed by atoms with van der Waals surface area (Å²) in [5.74, 6) is -0.231. The van der Waals surface area contributed by atoms with Crippen molar-refractivity contribution in [1.29, 1.82) is 0 Å². The Hall–Kier alpha value is -2.75. The number of anilines is 1. The summed E-state index contributed by atoms with van der Waals surface area (Å²) in [5, 5.41) is 5.81. The second-order valence-corrected chi connectivity index (χ2v) is 8.61. The molecule has 0 radical (unpaired) electrons. The van der Waals surface area contributed by atoms with Crippen molar-refractivity contribution >= 4 is 22.9 Å². The topological polar surface area (TPSA) is 48.5 Å². The van der Waals surface area contributed by atoms with Crippen LogP contribution in [0.2, 0.25) is 0 Å². The van der Waals surface area contributed by atoms with Gasteiger partial charge in [-0.2, -0.15) is 13.2 Å². The number of carbonyl (C=O) groups is 1. The quantitative estimate of drug-likeness (QED) is 0.585. The lowest BCUT2D eigenvalue weighted by molar-refractivity contribution is -0.137. The van der Waals surface area contributed by atoms with Crippen molar-refractivity contribution in [3.63, 3.8) is 0 Å². The number of rotatable bonds is 6. The molecule has 0 spiro atoms. The number of hydrogen-bond donors (Lipinski definition) is 1. The van der Waals surface area contributed by atoms with Gasteiger partial charge in [0.05, 0.1) is 24.3 Å². The number of carbonyl (C=O) groups excluding carboxylic acids is 1. The van der Waals surface area contributed by atoms with E-state index in [1.165, 1.54) is 12.1 Å². The van der Waals surface area contributed by atoms with Crippen LogP contribution in [0.5, 0.6) is 0 Å². The third-order valence-electron chi connectivity index (χ3n) is 5.31. The number of thiazole rings is 1. The Balaban J connectivity index is 1.22. The molecular formula is C23H23F3N4OS. The van der Waals surface area contributed by atoms with E-state index in [9.17, 15) is 18.0 Å². The van der Waals surface area contributed by atoms with E-state index in [2.05, 4.69) is 15.6 Å². The summed E-state index contributed by atoms with van der Waals surface area (Å²) in [7, 11) is 0. The molecule has 1 amide bonds. The molecule has 4 rings (SSSR count). The lowest BCUT2D eigenvalue weighted by atomic mass is 10.2. The Labute approximate surface area is 188 Å². The largest absolute Gasteiger partial charge is 0.416 e. The van der Waals surface area contributed by atoms with Crippen LogP contribution < -0.4 is 5.32 Å². The van der Waals surface area contributed by atoms with E-state index in [1.54, 1.807) is 11.3 Å². The van der Waals surface area contributed by atoms with Gasteiger partial charge in [-0.1, -0.05) is 30.3 Å². The Kier molecular flexibility index (Phi) is 6.88. The predicted molar refractivity (Wildman–Crippen MR) is 119 cm³/mol. The van der Waals surface area contributed by atoms with Crippen molar-refractivity contribution in [3.8, 4) is 11.3 Å². The highest BCUT2D eigenvalue weighted by Gasteiger charge is 2.30. The van der Waals surface area contributed by atoms with Gasteiger partial charge in [-0.3, -0.25) is 14.6 Å². The maximum Gasteiger partial charge on any atom is 0.416 e. The first-order valence-electron chi connectivity index (χ1n) is 10.3. The van der Waals surface area contributed by atoms with Crippen LogP contribution >= 0.6 is 11.3 Å². The Morgan fingerprint density at radius 1 is 0.969 bits per heavy atom. The van der Waals surface area contributed by atoms with Crippen molar-refractivity contribution in [2.24, 2.45) is 0 Å². The summed E-state index contributed by atoms with van der Waals surface area (Å²) in [5.41, 5.74) is 1.73. The van der Waals surface area contributed by atoms with E-state index in [1.807, 2.05) is 35.2 Å². The second kappa shape index (κ2) is 9.81. The van der Waals surface area contributed by atoms with Crippen molar-refractivity contribution < 1.29 is 18.0 Å². The molecule has 1 saturated heterocycles. The van der Waals surface area contributed by atoms with Crippen molar-refractivity contribution in [2.75, 3.05) is 38.0 Å². The number of nitrogens with zero attached hydrogens (tertiary/aromatic N) is 3. The number of benzene rings is 2. The van der Waals surface area contributed by atoms with Crippen LogP contribution in [0.1, 0.15) is 10.6 Å². The molecular weight excluding hydrogens is 437 g/mol. The molecule has 0 saturated carbocycles. The van der Waals surface area contributed by atoms with E-state index < -0.39 is 11.7 Å². The van der Waals surface area contributed by atoms with Gasteiger partial charge in [-0.15, -0.1) is 11.3 Å². The molecule has 5 nitrogen and oxygen atoms in total. The lowest BCUT2D eigenvalue weighted by Crippen LogP contribution is -2.48. The number of nitrogens with one attached hydrogen (secondary N) is 1. The van der Waals surface area contributed by atoms with Crippen LogP contribution in [0.3, 0.4) is 0 Å². The lowest BCUT2D eigenvalue weighted by Gasteiger charge is -2.33. The summed E-state index contributed by atoms with van der Waals surface area (Å²) >= 11 is 1.65. The molecule has 9 heteroatoms. The van der Waals surface area contributed by atoms with Crippen molar-refractivity contribution in [3.05, 3.63) is 70.5 Å². The van der Waals surface area contributed by atoms with Gasteiger partial charge < -0.3 is 5.32 Å². The number of alkyl halides is 3. The molecule has 0 atom stereocenters. The molecule has 2 aromatic carbocycles. The van der Waals surface area contributed by atoms with Crippen LogP contribution in [0, 0.1) is 0 Å². The highest BCUT2D eigenvalue weighted by Crippen LogP contribution is 2.29. The highest BCUT2D eigenvalue weighted by molar-refractivity contribution is 7.09. The number of piperazine rings is 1. The van der Waals surface area contributed by atoms with Crippen LogP contribution in [-0.2, 0) is 17.5 Å². The van der Waals surface area contributed by atoms with Gasteiger partial charge in [-0.05, 0) is 24.3 Å². The smallest absolute Gasteiger partial charge is 0.325 e. The molecule has 0 bridgehead atoms. The third-order valence-corrected chi connectivity index (χ3v) is 6.14. The van der Waals surface area contributed by atoms with E-state index in [0.717, 1.165) is 61.1 Å². The standard InChI is InChI=1S/C23H23F3N4OS/c24-23(25,26)18-6-8-19(9-7-18)27-21(31)14-29-10-12-30(13-11-29)15-22-28-20(16-32-22)17-4-2-1-3-5-17/h1-9,16H,10-15H2,(H,27,31). The van der Waals surface area contributed by atoms with E-state index in [0.29, 0.717) is 5.69 Å². The average molecular weight is 461 g/mol. The minimum Gasteiger partial charge on any atom is -0.325 e. The molecule has 1 aliphatic rings. The van der Waals surface area contributed by atoms with Crippen LogP contribution in [0.25, 0.3) is 11.3 Å². The number of hydrogen-bond acceptors (Lipinski definition) is 5. The van der Waals surface area contributed by atoms with Gasteiger partial charge in [0.1, 0.15) is 5.01 Å². The normalized spacial score (nSPS) is 15.6. The molecule has 3 aromatic rings. The SMILES string of the molecule is O=C(CN1CCN(Cc2nc(-c3ccccc3)cs2)CC1)Nc1ccc(C(F)(F)F)cc1. The maximum atomic E-state index is 12.6. The molecule has 168 valence electrons. The summed E-state index contributed by atoms with van der Waals surface area (Å²) in [4.78, 5) is 21.4. The van der Waals surface area contributed by atoms with Gasteiger partial charge in [0.15, 0.2) is 0 Å². The highest BCUT2D eigenvalue weighted by atomic mass is 32.1. The fraction of sp³-hybridized carbons (Fsp3) is 0.304. The van der Waals surface area contributed by atoms with E-state index >= 15 is 0 Å². The fourth-order valence-corrected chi connectivity index (χ4v) is 4.41. The summed E-state index contributed by atoms with van der Waals surface area (Å²) in [6.45, 7) is 4.14. The summed E-state index contributed by atoms with van der Waals surface area (Å²) < 4.78 is 37.9. The van der Waals surface area contributed by atoms with Crippen LogP contribution in [-0.4, -0.2) is 53.4 Å². The first-order valence-corrected chi connectivity index (χ1v) is 11.2. The Morgan fingerprint density at radius 3 is 2.28 bits per heavy atom. The van der Waals surface area contributed by atoms with Crippen LogP contribution in [0.15, 0.2) is 60.0 Å². The van der Waals surface area contributed by atoms with Gasteiger partial charge in [-0.25, -0.2) is 4.98 Å². The van der Waals surface area contributed by atoms with Gasteiger partial charge in [0.25, 0.3) is 0 Å². The zero-order valence-corrected chi connectivity index (χ0v) is 18.1. The minimum absolute atomic E-state index is 0.213. The van der Waals surface area contributed by atoms with Gasteiger partial charge in [0.2, 0.25) is 5.91 Å².